The molecular weight excluding hydrogens is 274 g/mol. The van der Waals surface area contributed by atoms with Crippen molar-refractivity contribution in [2.45, 2.75) is 12.5 Å². The largest absolute Gasteiger partial charge is 0.338 e. The van der Waals surface area contributed by atoms with Gasteiger partial charge >= 0.3 is 0 Å². The summed E-state index contributed by atoms with van der Waals surface area (Å²) in [6.45, 7) is 4.89. The molecule has 0 bridgehead atoms. The van der Waals surface area contributed by atoms with Gasteiger partial charge in [-0.1, -0.05) is 30.3 Å². The first-order valence-electron chi connectivity index (χ1n) is 7.85. The summed E-state index contributed by atoms with van der Waals surface area (Å²) in [4.78, 5) is 13.3. The SMILES string of the molecule is NC(Cc1ccccc1)CN1CCN(c2ncccn2)CC1. The van der Waals surface area contributed by atoms with Crippen LogP contribution in [0.2, 0.25) is 0 Å². The fraction of sp³-hybridized carbons (Fsp3) is 0.412. The molecule has 0 radical (unpaired) electrons. The molecule has 1 aromatic carbocycles. The van der Waals surface area contributed by atoms with Crippen molar-refractivity contribution < 1.29 is 0 Å². The van der Waals surface area contributed by atoms with Gasteiger partial charge in [-0.25, -0.2) is 9.97 Å². The predicted octanol–water partition coefficient (Wildman–Crippen LogP) is 1.17. The third-order valence-electron chi connectivity index (χ3n) is 4.04. The quantitative estimate of drug-likeness (QED) is 0.898. The molecule has 0 spiro atoms. The Balaban J connectivity index is 1.46. The lowest BCUT2D eigenvalue weighted by Gasteiger charge is -2.35. The molecule has 2 N–H and O–H groups in total. The average molecular weight is 297 g/mol. The minimum atomic E-state index is 0.182. The molecule has 1 atom stereocenters. The van der Waals surface area contributed by atoms with Gasteiger partial charge in [-0.2, -0.15) is 0 Å². The third-order valence-corrected chi connectivity index (χ3v) is 4.04. The molecule has 1 aliphatic rings. The summed E-state index contributed by atoms with van der Waals surface area (Å²) >= 11 is 0. The van der Waals surface area contributed by atoms with Gasteiger partial charge in [0.15, 0.2) is 0 Å². The molecule has 5 heteroatoms. The van der Waals surface area contributed by atoms with Gasteiger partial charge in [-0.05, 0) is 18.1 Å². The van der Waals surface area contributed by atoms with Crippen LogP contribution >= 0.6 is 0 Å². The molecular formula is C17H23N5. The second-order valence-electron chi connectivity index (χ2n) is 5.79. The monoisotopic (exact) mass is 297 g/mol. The van der Waals surface area contributed by atoms with Crippen LogP contribution in [-0.2, 0) is 6.42 Å². The van der Waals surface area contributed by atoms with Crippen LogP contribution in [0.25, 0.3) is 0 Å². The molecule has 22 heavy (non-hydrogen) atoms. The number of nitrogens with zero attached hydrogens (tertiary/aromatic N) is 4. The smallest absolute Gasteiger partial charge is 0.225 e. The molecule has 1 fully saturated rings. The maximum absolute atomic E-state index is 6.30. The molecule has 2 aromatic rings. The Morgan fingerprint density at radius 1 is 0.955 bits per heavy atom. The van der Waals surface area contributed by atoms with Gasteiger partial charge in [-0.3, -0.25) is 4.90 Å². The molecule has 1 unspecified atom stereocenters. The number of hydrogen-bond donors (Lipinski definition) is 1. The van der Waals surface area contributed by atoms with Crippen molar-refractivity contribution in [2.24, 2.45) is 5.73 Å². The first kappa shape index (κ1) is 14.9. The van der Waals surface area contributed by atoms with Gasteiger partial charge in [0.05, 0.1) is 0 Å². The van der Waals surface area contributed by atoms with Crippen molar-refractivity contribution in [3.8, 4) is 0 Å². The Labute approximate surface area is 131 Å². The number of aromatic nitrogens is 2. The van der Waals surface area contributed by atoms with E-state index in [0.717, 1.165) is 45.1 Å². The Hall–Kier alpha value is -1.98. The summed E-state index contributed by atoms with van der Waals surface area (Å²) in [5, 5.41) is 0. The van der Waals surface area contributed by atoms with Crippen LogP contribution in [0, 0.1) is 0 Å². The Kier molecular flexibility index (Phi) is 4.98. The third kappa shape index (κ3) is 4.02. The maximum atomic E-state index is 6.30. The highest BCUT2D eigenvalue weighted by molar-refractivity contribution is 5.29. The van der Waals surface area contributed by atoms with E-state index in [9.17, 15) is 0 Å². The topological polar surface area (TPSA) is 58.3 Å². The fourth-order valence-electron chi connectivity index (χ4n) is 2.90. The number of hydrogen-bond acceptors (Lipinski definition) is 5. The van der Waals surface area contributed by atoms with E-state index in [1.54, 1.807) is 12.4 Å². The first-order valence-corrected chi connectivity index (χ1v) is 7.85. The number of nitrogens with two attached hydrogens (primary N) is 1. The van der Waals surface area contributed by atoms with Crippen LogP contribution < -0.4 is 10.6 Å². The number of benzene rings is 1. The Morgan fingerprint density at radius 2 is 1.64 bits per heavy atom. The van der Waals surface area contributed by atoms with E-state index in [0.29, 0.717) is 0 Å². The minimum absolute atomic E-state index is 0.182. The Morgan fingerprint density at radius 3 is 2.32 bits per heavy atom. The molecule has 0 amide bonds. The second-order valence-corrected chi connectivity index (χ2v) is 5.79. The minimum Gasteiger partial charge on any atom is -0.338 e. The fourth-order valence-corrected chi connectivity index (χ4v) is 2.90. The van der Waals surface area contributed by atoms with Crippen molar-refractivity contribution in [2.75, 3.05) is 37.6 Å². The van der Waals surface area contributed by atoms with Crippen molar-refractivity contribution >= 4 is 5.95 Å². The van der Waals surface area contributed by atoms with E-state index in [1.807, 2.05) is 12.1 Å². The zero-order chi connectivity index (χ0) is 15.2. The van der Waals surface area contributed by atoms with Crippen LogP contribution in [0.15, 0.2) is 48.8 Å². The van der Waals surface area contributed by atoms with E-state index in [-0.39, 0.29) is 6.04 Å². The van der Waals surface area contributed by atoms with Gasteiger partial charge in [0.1, 0.15) is 0 Å². The van der Waals surface area contributed by atoms with Gasteiger partial charge < -0.3 is 10.6 Å². The molecule has 5 nitrogen and oxygen atoms in total. The van der Waals surface area contributed by atoms with Crippen molar-refractivity contribution in [1.29, 1.82) is 0 Å². The molecule has 116 valence electrons. The van der Waals surface area contributed by atoms with E-state index in [4.69, 9.17) is 5.73 Å². The standard InChI is InChI=1S/C17H23N5/c18-16(13-15-5-2-1-3-6-15)14-21-9-11-22(12-10-21)17-19-7-4-8-20-17/h1-8,16H,9-14,18H2. The lowest BCUT2D eigenvalue weighted by molar-refractivity contribution is 0.241. The lowest BCUT2D eigenvalue weighted by Crippen LogP contribution is -2.50. The second kappa shape index (κ2) is 7.33. The van der Waals surface area contributed by atoms with Gasteiger partial charge in [0, 0.05) is 51.2 Å². The van der Waals surface area contributed by atoms with E-state index in [2.05, 4.69) is 44.0 Å². The summed E-state index contributed by atoms with van der Waals surface area (Å²) in [5.41, 5.74) is 7.61. The molecule has 1 aliphatic heterocycles. The zero-order valence-corrected chi connectivity index (χ0v) is 12.8. The molecule has 0 saturated carbocycles. The van der Waals surface area contributed by atoms with Crippen LogP contribution in [-0.4, -0.2) is 53.6 Å². The van der Waals surface area contributed by atoms with Gasteiger partial charge in [0.2, 0.25) is 5.95 Å². The van der Waals surface area contributed by atoms with Gasteiger partial charge in [-0.15, -0.1) is 0 Å². The number of anilines is 1. The summed E-state index contributed by atoms with van der Waals surface area (Å²) < 4.78 is 0. The lowest BCUT2D eigenvalue weighted by atomic mass is 10.1. The maximum Gasteiger partial charge on any atom is 0.225 e. The normalized spacial score (nSPS) is 17.4. The van der Waals surface area contributed by atoms with Gasteiger partial charge in [0.25, 0.3) is 0 Å². The summed E-state index contributed by atoms with van der Waals surface area (Å²) in [6, 6.07) is 12.5. The number of piperazine rings is 1. The van der Waals surface area contributed by atoms with Crippen LogP contribution in [0.1, 0.15) is 5.56 Å². The van der Waals surface area contributed by atoms with E-state index in [1.165, 1.54) is 5.56 Å². The van der Waals surface area contributed by atoms with Crippen molar-refractivity contribution in [3.63, 3.8) is 0 Å². The highest BCUT2D eigenvalue weighted by Gasteiger charge is 2.20. The highest BCUT2D eigenvalue weighted by Crippen LogP contribution is 2.10. The molecule has 3 rings (SSSR count). The average Bonchev–Trinajstić information content (AvgIpc) is 2.57. The molecule has 2 heterocycles. The van der Waals surface area contributed by atoms with E-state index >= 15 is 0 Å². The molecule has 1 aromatic heterocycles. The van der Waals surface area contributed by atoms with Crippen LogP contribution in [0.3, 0.4) is 0 Å². The van der Waals surface area contributed by atoms with E-state index < -0.39 is 0 Å². The zero-order valence-electron chi connectivity index (χ0n) is 12.8. The highest BCUT2D eigenvalue weighted by atomic mass is 15.3. The molecule has 1 saturated heterocycles. The van der Waals surface area contributed by atoms with Crippen LogP contribution in [0.4, 0.5) is 5.95 Å². The molecule has 0 aliphatic carbocycles. The summed E-state index contributed by atoms with van der Waals surface area (Å²) in [6.07, 6.45) is 4.53. The predicted molar refractivity (Wildman–Crippen MR) is 88.8 cm³/mol. The van der Waals surface area contributed by atoms with Crippen molar-refractivity contribution in [3.05, 3.63) is 54.4 Å². The Bertz CT molecular complexity index is 552. The first-order chi connectivity index (χ1) is 10.8. The van der Waals surface area contributed by atoms with Crippen LogP contribution in [0.5, 0.6) is 0 Å². The summed E-state index contributed by atoms with van der Waals surface area (Å²) in [5.74, 6) is 0.829. The summed E-state index contributed by atoms with van der Waals surface area (Å²) in [7, 11) is 0. The number of rotatable bonds is 5. The van der Waals surface area contributed by atoms with Crippen molar-refractivity contribution in [1.82, 2.24) is 14.9 Å².